The molecule has 1 atom stereocenters. The normalized spacial score (nSPS) is 12.8. The fourth-order valence-corrected chi connectivity index (χ4v) is 1.18. The van der Waals surface area contributed by atoms with Crippen LogP contribution < -0.4 is 0 Å². The van der Waals surface area contributed by atoms with Crippen molar-refractivity contribution in [2.45, 2.75) is 40.0 Å². The molecule has 1 N–H and O–H groups in total. The summed E-state index contributed by atoms with van der Waals surface area (Å²) >= 11 is 0. The maximum Gasteiger partial charge on any atom is 0.327 e. The van der Waals surface area contributed by atoms with Crippen molar-refractivity contribution in [1.29, 1.82) is 0 Å². The van der Waals surface area contributed by atoms with Crippen LogP contribution in [0.4, 0.5) is 0 Å². The van der Waals surface area contributed by atoms with Crippen LogP contribution in [0.15, 0.2) is 23.8 Å². The van der Waals surface area contributed by atoms with Gasteiger partial charge in [-0.15, -0.1) is 0 Å². The summed E-state index contributed by atoms with van der Waals surface area (Å²) in [5, 5.41) is 8.38. The second-order valence-electron chi connectivity index (χ2n) is 3.94. The molecule has 0 saturated carbocycles. The van der Waals surface area contributed by atoms with E-state index in [2.05, 4.69) is 26.8 Å². The third kappa shape index (κ3) is 9.04. The van der Waals surface area contributed by atoms with E-state index in [0.29, 0.717) is 5.92 Å². The van der Waals surface area contributed by atoms with Crippen LogP contribution >= 0.6 is 0 Å². The van der Waals surface area contributed by atoms with Crippen LogP contribution in [0.5, 0.6) is 0 Å². The molecule has 14 heavy (non-hydrogen) atoms. The van der Waals surface area contributed by atoms with Gasteiger partial charge in [-0.1, -0.05) is 24.6 Å². The van der Waals surface area contributed by atoms with Crippen molar-refractivity contribution in [2.75, 3.05) is 0 Å². The molecule has 2 nitrogen and oxygen atoms in total. The summed E-state index contributed by atoms with van der Waals surface area (Å²) in [4.78, 5) is 10.2. The Morgan fingerprint density at radius 2 is 2.07 bits per heavy atom. The first-order valence-corrected chi connectivity index (χ1v) is 5.05. The summed E-state index contributed by atoms with van der Waals surface area (Å²) < 4.78 is 0. The minimum Gasteiger partial charge on any atom is -0.478 e. The highest BCUT2D eigenvalue weighted by Crippen LogP contribution is 2.12. The van der Waals surface area contributed by atoms with Crippen LogP contribution in [0.2, 0.25) is 0 Å². The Morgan fingerprint density at radius 1 is 1.43 bits per heavy atom. The number of allylic oxidation sites excluding steroid dienone is 3. The topological polar surface area (TPSA) is 37.3 Å². The van der Waals surface area contributed by atoms with Gasteiger partial charge in [-0.3, -0.25) is 0 Å². The number of carbonyl (C=O) groups is 1. The van der Waals surface area contributed by atoms with Crippen LogP contribution in [0, 0.1) is 5.92 Å². The summed E-state index contributed by atoms with van der Waals surface area (Å²) in [5.41, 5.74) is 1.35. The summed E-state index contributed by atoms with van der Waals surface area (Å²) in [6.07, 6.45) is 8.23. The van der Waals surface area contributed by atoms with Gasteiger partial charge in [-0.25, -0.2) is 4.79 Å². The lowest BCUT2D eigenvalue weighted by molar-refractivity contribution is -0.131. The van der Waals surface area contributed by atoms with E-state index in [9.17, 15) is 4.79 Å². The smallest absolute Gasteiger partial charge is 0.327 e. The van der Waals surface area contributed by atoms with E-state index in [0.717, 1.165) is 19.3 Å². The molecule has 0 aliphatic rings. The van der Waals surface area contributed by atoms with Gasteiger partial charge in [0.15, 0.2) is 0 Å². The van der Waals surface area contributed by atoms with Crippen molar-refractivity contribution < 1.29 is 9.90 Å². The molecule has 0 rings (SSSR count). The first-order chi connectivity index (χ1) is 6.52. The maximum atomic E-state index is 10.2. The molecule has 0 aromatic rings. The molecule has 0 heterocycles. The van der Waals surface area contributed by atoms with Gasteiger partial charge < -0.3 is 5.11 Å². The molecule has 0 radical (unpaired) electrons. The van der Waals surface area contributed by atoms with E-state index in [4.69, 9.17) is 5.11 Å². The summed E-state index contributed by atoms with van der Waals surface area (Å²) in [6.45, 7) is 6.33. The van der Waals surface area contributed by atoms with Crippen molar-refractivity contribution in [3.8, 4) is 0 Å². The average Bonchev–Trinajstić information content (AvgIpc) is 2.02. The van der Waals surface area contributed by atoms with Gasteiger partial charge in [0.1, 0.15) is 0 Å². The van der Waals surface area contributed by atoms with Crippen LogP contribution in [0.3, 0.4) is 0 Å². The average molecular weight is 196 g/mol. The van der Waals surface area contributed by atoms with Crippen molar-refractivity contribution in [3.05, 3.63) is 23.8 Å². The molecule has 0 aliphatic heterocycles. The predicted octanol–water partition coefficient (Wildman–Crippen LogP) is 3.40. The number of hydrogen-bond acceptors (Lipinski definition) is 1. The van der Waals surface area contributed by atoms with Crippen LogP contribution in [-0.2, 0) is 4.79 Å². The Hall–Kier alpha value is -1.05. The molecular formula is C12H20O2. The molecular weight excluding hydrogens is 176 g/mol. The summed E-state index contributed by atoms with van der Waals surface area (Å²) in [5.74, 6) is -0.303. The van der Waals surface area contributed by atoms with E-state index in [1.807, 2.05) is 0 Å². The number of hydrogen-bond donors (Lipinski definition) is 1. The molecule has 0 aromatic heterocycles. The van der Waals surface area contributed by atoms with Gasteiger partial charge in [0.05, 0.1) is 0 Å². The predicted molar refractivity (Wildman–Crippen MR) is 59.2 cm³/mol. The number of rotatable bonds is 6. The quantitative estimate of drug-likeness (QED) is 0.522. The summed E-state index contributed by atoms with van der Waals surface area (Å²) in [7, 11) is 0. The second kappa shape index (κ2) is 7.36. The first-order valence-electron chi connectivity index (χ1n) is 5.05. The molecule has 0 spiro atoms. The zero-order valence-corrected chi connectivity index (χ0v) is 9.29. The highest BCUT2D eigenvalue weighted by Gasteiger charge is 1.98. The Balaban J connectivity index is 3.61. The van der Waals surface area contributed by atoms with Gasteiger partial charge in [0.25, 0.3) is 0 Å². The third-order valence-corrected chi connectivity index (χ3v) is 2.01. The first kappa shape index (κ1) is 12.9. The zero-order chi connectivity index (χ0) is 11.0. The van der Waals surface area contributed by atoms with Crippen molar-refractivity contribution in [1.82, 2.24) is 0 Å². The van der Waals surface area contributed by atoms with Crippen molar-refractivity contribution >= 4 is 5.97 Å². The lowest BCUT2D eigenvalue weighted by atomic mass is 10.0. The molecule has 0 saturated heterocycles. The van der Waals surface area contributed by atoms with E-state index < -0.39 is 5.97 Å². The molecule has 1 unspecified atom stereocenters. The largest absolute Gasteiger partial charge is 0.478 e. The molecule has 0 amide bonds. The van der Waals surface area contributed by atoms with Gasteiger partial charge >= 0.3 is 5.97 Å². The molecule has 0 fully saturated rings. The Morgan fingerprint density at radius 3 is 2.57 bits per heavy atom. The van der Waals surface area contributed by atoms with E-state index in [1.54, 1.807) is 6.08 Å². The van der Waals surface area contributed by atoms with Crippen LogP contribution in [0.25, 0.3) is 0 Å². The molecule has 0 aliphatic carbocycles. The molecule has 2 heteroatoms. The Bertz CT molecular complexity index is 222. The van der Waals surface area contributed by atoms with E-state index >= 15 is 0 Å². The van der Waals surface area contributed by atoms with Gasteiger partial charge in [-0.05, 0) is 39.0 Å². The second-order valence-corrected chi connectivity index (χ2v) is 3.94. The van der Waals surface area contributed by atoms with Gasteiger partial charge in [-0.2, -0.15) is 0 Å². The van der Waals surface area contributed by atoms with Crippen LogP contribution in [-0.4, -0.2) is 11.1 Å². The number of aliphatic carboxylic acids is 1. The van der Waals surface area contributed by atoms with Crippen molar-refractivity contribution in [2.24, 2.45) is 5.92 Å². The molecule has 0 bridgehead atoms. The highest BCUT2D eigenvalue weighted by molar-refractivity contribution is 5.79. The minimum atomic E-state index is -0.860. The van der Waals surface area contributed by atoms with Crippen molar-refractivity contribution in [3.63, 3.8) is 0 Å². The minimum absolute atomic E-state index is 0.557. The number of carboxylic acids is 1. The maximum absolute atomic E-state index is 10.2. The fourth-order valence-electron chi connectivity index (χ4n) is 1.18. The summed E-state index contributed by atoms with van der Waals surface area (Å²) in [6, 6.07) is 0. The van der Waals surface area contributed by atoms with Gasteiger partial charge in [0, 0.05) is 6.08 Å². The van der Waals surface area contributed by atoms with Crippen LogP contribution in [0.1, 0.15) is 40.0 Å². The lowest BCUT2D eigenvalue weighted by Gasteiger charge is -2.05. The zero-order valence-electron chi connectivity index (χ0n) is 9.29. The Labute approximate surface area is 86.3 Å². The van der Waals surface area contributed by atoms with E-state index in [-0.39, 0.29) is 0 Å². The standard InChI is InChI=1S/C12H20O2/c1-10(2)6-4-7-11(3)8-5-9-12(13)14/h5-6,9,11H,4,7-8H2,1-3H3,(H,13,14)/b9-5-. The fraction of sp³-hybridized carbons (Fsp3) is 0.583. The van der Waals surface area contributed by atoms with E-state index in [1.165, 1.54) is 11.6 Å². The Kier molecular flexibility index (Phi) is 6.81. The highest BCUT2D eigenvalue weighted by atomic mass is 16.4. The van der Waals surface area contributed by atoms with Gasteiger partial charge in [0.2, 0.25) is 0 Å². The monoisotopic (exact) mass is 196 g/mol. The molecule has 0 aromatic carbocycles. The third-order valence-electron chi connectivity index (χ3n) is 2.01. The molecule has 80 valence electrons. The number of carboxylic acid groups (broad SMARTS) is 1. The lowest BCUT2D eigenvalue weighted by Crippen LogP contribution is -1.93. The SMILES string of the molecule is CC(C)=CCCC(C)C/C=C\C(=O)O.